The van der Waals surface area contributed by atoms with Gasteiger partial charge in [-0.1, -0.05) is 26.8 Å². The van der Waals surface area contributed by atoms with Gasteiger partial charge in [-0.05, 0) is 46.1 Å². The monoisotopic (exact) mass is 348 g/mol. The van der Waals surface area contributed by atoms with E-state index in [9.17, 15) is 0 Å². The van der Waals surface area contributed by atoms with Gasteiger partial charge in [0.2, 0.25) is 5.78 Å². The van der Waals surface area contributed by atoms with Gasteiger partial charge in [-0.3, -0.25) is 4.40 Å². The summed E-state index contributed by atoms with van der Waals surface area (Å²) in [4.78, 5) is 4.77. The third-order valence-corrected chi connectivity index (χ3v) is 4.80. The minimum absolute atomic E-state index is 0.132. The Kier molecular flexibility index (Phi) is 3.37. The zero-order chi connectivity index (χ0) is 15.4. The summed E-state index contributed by atoms with van der Waals surface area (Å²) in [5.74, 6) is 0.966. The predicted octanol–water partition coefficient (Wildman–Crippen LogP) is 3.61. The van der Waals surface area contributed by atoms with Crippen molar-refractivity contribution in [1.29, 1.82) is 0 Å². The summed E-state index contributed by atoms with van der Waals surface area (Å²) in [6.45, 7) is 7.51. The number of hydrogen-bond donors (Lipinski definition) is 1. The van der Waals surface area contributed by atoms with Crippen LogP contribution in [-0.4, -0.2) is 21.0 Å². The Labute approximate surface area is 133 Å². The average Bonchev–Trinajstić information content (AvgIpc) is 2.89. The first kappa shape index (κ1) is 14.6. The number of aromatic nitrogens is 3. The van der Waals surface area contributed by atoms with Crippen molar-refractivity contribution in [2.75, 3.05) is 7.05 Å². The van der Waals surface area contributed by atoms with Gasteiger partial charge in [0.15, 0.2) is 0 Å². The van der Waals surface area contributed by atoms with Crippen molar-refractivity contribution in [3.8, 4) is 0 Å². The van der Waals surface area contributed by atoms with E-state index in [0.29, 0.717) is 0 Å². The highest BCUT2D eigenvalue weighted by Gasteiger charge is 2.20. The molecule has 3 rings (SSSR count). The summed E-state index contributed by atoms with van der Waals surface area (Å²) in [6.07, 6.45) is 0. The molecule has 0 saturated carbocycles. The molecule has 0 aliphatic carbocycles. The molecule has 112 valence electrons. The fourth-order valence-electron chi connectivity index (χ4n) is 2.69. The first-order valence-corrected chi connectivity index (χ1v) is 7.94. The zero-order valence-electron chi connectivity index (χ0n) is 13.2. The van der Waals surface area contributed by atoms with E-state index in [1.54, 1.807) is 0 Å². The number of nitrogens with zero attached hydrogens (tertiary/aromatic N) is 3. The molecule has 1 aromatic carbocycles. The highest BCUT2D eigenvalue weighted by molar-refractivity contribution is 9.10. The second kappa shape index (κ2) is 4.85. The lowest BCUT2D eigenvalue weighted by atomic mass is 9.87. The lowest BCUT2D eigenvalue weighted by Crippen LogP contribution is -2.10. The number of fused-ring (bicyclic) bond motifs is 3. The quantitative estimate of drug-likeness (QED) is 0.767. The molecule has 3 aromatic rings. The highest BCUT2D eigenvalue weighted by Crippen LogP contribution is 2.30. The van der Waals surface area contributed by atoms with Gasteiger partial charge in [-0.15, -0.1) is 0 Å². The molecule has 5 heteroatoms. The van der Waals surface area contributed by atoms with Crippen molar-refractivity contribution in [3.05, 3.63) is 34.1 Å². The average molecular weight is 349 g/mol. The van der Waals surface area contributed by atoms with Gasteiger partial charge < -0.3 is 9.88 Å². The molecule has 0 aliphatic heterocycles. The van der Waals surface area contributed by atoms with Crippen molar-refractivity contribution >= 4 is 32.7 Å². The summed E-state index contributed by atoms with van der Waals surface area (Å²) >= 11 is 3.74. The van der Waals surface area contributed by atoms with Crippen LogP contribution >= 0.6 is 15.9 Å². The van der Waals surface area contributed by atoms with Crippen molar-refractivity contribution in [2.24, 2.45) is 7.05 Å². The Hall–Kier alpha value is -1.33. The summed E-state index contributed by atoms with van der Waals surface area (Å²) < 4.78 is 5.40. The molecule has 4 nitrogen and oxygen atoms in total. The van der Waals surface area contributed by atoms with Crippen LogP contribution in [0.15, 0.2) is 22.8 Å². The molecule has 0 radical (unpaired) electrons. The molecule has 0 atom stereocenters. The van der Waals surface area contributed by atoms with Crippen molar-refractivity contribution in [2.45, 2.75) is 32.7 Å². The van der Waals surface area contributed by atoms with Gasteiger partial charge in [0, 0.05) is 13.6 Å². The highest BCUT2D eigenvalue weighted by atomic mass is 79.9. The second-order valence-corrected chi connectivity index (χ2v) is 7.28. The molecule has 2 heterocycles. The summed E-state index contributed by atoms with van der Waals surface area (Å²) in [7, 11) is 4.02. The summed E-state index contributed by atoms with van der Waals surface area (Å²) in [6, 6.07) is 6.55. The first-order chi connectivity index (χ1) is 9.84. The number of imidazole rings is 2. The number of halogens is 1. The largest absolute Gasteiger partial charge is 0.315 e. The van der Waals surface area contributed by atoms with Crippen LogP contribution in [0, 0.1) is 0 Å². The minimum Gasteiger partial charge on any atom is -0.315 e. The van der Waals surface area contributed by atoms with Crippen LogP contribution in [0.2, 0.25) is 0 Å². The smallest absolute Gasteiger partial charge is 0.215 e. The van der Waals surface area contributed by atoms with Crippen molar-refractivity contribution in [3.63, 3.8) is 0 Å². The van der Waals surface area contributed by atoms with Gasteiger partial charge in [0.05, 0.1) is 16.7 Å². The maximum atomic E-state index is 4.77. The van der Waals surface area contributed by atoms with E-state index in [4.69, 9.17) is 4.98 Å². The molecule has 0 unspecified atom stereocenters. The Morgan fingerprint density at radius 3 is 2.62 bits per heavy atom. The fourth-order valence-corrected chi connectivity index (χ4v) is 3.45. The molecular formula is C16H21BrN4. The maximum Gasteiger partial charge on any atom is 0.215 e. The van der Waals surface area contributed by atoms with E-state index in [-0.39, 0.29) is 5.41 Å². The normalized spacial score (nSPS) is 12.7. The molecular weight excluding hydrogens is 328 g/mol. The molecule has 2 aromatic heterocycles. The molecule has 21 heavy (non-hydrogen) atoms. The Morgan fingerprint density at radius 1 is 1.29 bits per heavy atom. The van der Waals surface area contributed by atoms with E-state index in [0.717, 1.165) is 28.0 Å². The fraction of sp³-hybridized carbons (Fsp3) is 0.438. The predicted molar refractivity (Wildman–Crippen MR) is 90.8 cm³/mol. The van der Waals surface area contributed by atoms with E-state index in [2.05, 4.69) is 76.2 Å². The Morgan fingerprint density at radius 2 is 2.00 bits per heavy atom. The number of aryl methyl sites for hydroxylation is 1. The Bertz CT molecular complexity index is 820. The van der Waals surface area contributed by atoms with Crippen molar-refractivity contribution in [1.82, 2.24) is 19.3 Å². The third kappa shape index (κ3) is 2.19. The van der Waals surface area contributed by atoms with E-state index in [1.807, 2.05) is 7.05 Å². The molecule has 0 amide bonds. The van der Waals surface area contributed by atoms with Gasteiger partial charge in [0.1, 0.15) is 4.60 Å². The molecule has 0 bridgehead atoms. The Balaban J connectivity index is 2.35. The van der Waals surface area contributed by atoms with Crippen molar-refractivity contribution < 1.29 is 0 Å². The molecule has 0 saturated heterocycles. The van der Waals surface area contributed by atoms with Crippen LogP contribution in [0.1, 0.15) is 32.0 Å². The van der Waals surface area contributed by atoms with Crippen LogP contribution in [0.25, 0.3) is 16.8 Å². The van der Waals surface area contributed by atoms with Gasteiger partial charge in [-0.25, -0.2) is 4.98 Å². The maximum absolute atomic E-state index is 4.77. The van der Waals surface area contributed by atoms with Gasteiger partial charge >= 0.3 is 0 Å². The topological polar surface area (TPSA) is 34.3 Å². The van der Waals surface area contributed by atoms with Crippen LogP contribution in [0.5, 0.6) is 0 Å². The lowest BCUT2D eigenvalue weighted by Gasteiger charge is -2.18. The van der Waals surface area contributed by atoms with E-state index in [1.165, 1.54) is 11.3 Å². The van der Waals surface area contributed by atoms with E-state index >= 15 is 0 Å². The van der Waals surface area contributed by atoms with Gasteiger partial charge in [0.25, 0.3) is 0 Å². The number of hydrogen-bond acceptors (Lipinski definition) is 2. The molecule has 0 fully saturated rings. The second-order valence-electron chi connectivity index (χ2n) is 6.53. The van der Waals surface area contributed by atoms with Crippen LogP contribution in [0.4, 0.5) is 0 Å². The number of benzene rings is 1. The number of rotatable bonds is 2. The van der Waals surface area contributed by atoms with Crippen LogP contribution in [-0.2, 0) is 19.0 Å². The zero-order valence-corrected chi connectivity index (χ0v) is 14.7. The summed E-state index contributed by atoms with van der Waals surface area (Å²) in [5, 5.41) is 3.21. The molecule has 0 aliphatic rings. The summed E-state index contributed by atoms with van der Waals surface area (Å²) in [5.41, 5.74) is 4.84. The van der Waals surface area contributed by atoms with Gasteiger partial charge in [-0.2, -0.15) is 0 Å². The minimum atomic E-state index is 0.132. The number of nitrogens with one attached hydrogen (secondary N) is 1. The van der Waals surface area contributed by atoms with Crippen LogP contribution < -0.4 is 5.32 Å². The lowest BCUT2D eigenvalue weighted by molar-refractivity contribution is 0.591. The standard InChI is InChI=1S/C16H21BrN4/c1-16(2,3)10-6-7-11-12(8-10)21-14(17)13(9-18-4)20(5)15(21)19-11/h6-8,18H,9H2,1-5H3. The molecule has 0 spiro atoms. The van der Waals surface area contributed by atoms with Crippen LogP contribution in [0.3, 0.4) is 0 Å². The third-order valence-electron chi connectivity index (χ3n) is 3.99. The van der Waals surface area contributed by atoms with E-state index < -0.39 is 0 Å². The SMILES string of the molecule is CNCc1c(Br)n2c3cc(C(C)(C)C)ccc3nc2n1C. The first-order valence-electron chi connectivity index (χ1n) is 7.15. The molecule has 1 N–H and O–H groups in total.